The summed E-state index contributed by atoms with van der Waals surface area (Å²) < 4.78 is 10.9. The third-order valence-corrected chi connectivity index (χ3v) is 2.50. The minimum Gasteiger partial charge on any atom is -0.497 e. The molecule has 1 aromatic rings. The SMILES string of the molecule is COc1ccc2c(c1)CC(CCN)O2. The van der Waals surface area contributed by atoms with Crippen molar-refractivity contribution in [2.75, 3.05) is 13.7 Å². The molecule has 0 radical (unpaired) electrons. The summed E-state index contributed by atoms with van der Waals surface area (Å²) in [5.74, 6) is 1.87. The summed E-state index contributed by atoms with van der Waals surface area (Å²) in [5.41, 5.74) is 6.72. The van der Waals surface area contributed by atoms with Crippen LogP contribution in [0.4, 0.5) is 0 Å². The maximum Gasteiger partial charge on any atom is 0.123 e. The van der Waals surface area contributed by atoms with Crippen LogP contribution < -0.4 is 15.2 Å². The molecule has 2 N–H and O–H groups in total. The fraction of sp³-hybridized carbons (Fsp3) is 0.455. The number of rotatable bonds is 3. The lowest BCUT2D eigenvalue weighted by Crippen LogP contribution is -2.17. The predicted molar refractivity (Wildman–Crippen MR) is 54.8 cm³/mol. The number of methoxy groups -OCH3 is 1. The lowest BCUT2D eigenvalue weighted by molar-refractivity contribution is 0.224. The molecule has 0 aliphatic carbocycles. The zero-order valence-corrected chi connectivity index (χ0v) is 8.32. The van der Waals surface area contributed by atoms with Crippen LogP contribution in [0.25, 0.3) is 0 Å². The van der Waals surface area contributed by atoms with Gasteiger partial charge in [0.1, 0.15) is 17.6 Å². The molecule has 1 unspecified atom stereocenters. The largest absolute Gasteiger partial charge is 0.497 e. The zero-order valence-electron chi connectivity index (χ0n) is 8.32. The van der Waals surface area contributed by atoms with Crippen LogP contribution in [-0.2, 0) is 6.42 Å². The number of ether oxygens (including phenoxy) is 2. The van der Waals surface area contributed by atoms with Gasteiger partial charge in [-0.15, -0.1) is 0 Å². The maximum atomic E-state index is 5.71. The quantitative estimate of drug-likeness (QED) is 0.788. The number of nitrogens with two attached hydrogens (primary N) is 1. The molecule has 3 heteroatoms. The fourth-order valence-corrected chi connectivity index (χ4v) is 1.77. The topological polar surface area (TPSA) is 44.5 Å². The van der Waals surface area contributed by atoms with Crippen LogP contribution in [0.2, 0.25) is 0 Å². The van der Waals surface area contributed by atoms with E-state index in [0.29, 0.717) is 6.54 Å². The summed E-state index contributed by atoms with van der Waals surface area (Å²) in [6.45, 7) is 0.676. The molecule has 0 aromatic heterocycles. The van der Waals surface area contributed by atoms with Crippen molar-refractivity contribution in [3.8, 4) is 11.5 Å². The Morgan fingerprint density at radius 1 is 1.57 bits per heavy atom. The molecule has 3 nitrogen and oxygen atoms in total. The van der Waals surface area contributed by atoms with Crippen LogP contribution in [0.1, 0.15) is 12.0 Å². The van der Waals surface area contributed by atoms with E-state index in [2.05, 4.69) is 0 Å². The normalized spacial score (nSPS) is 18.9. The van der Waals surface area contributed by atoms with Gasteiger partial charge in [-0.05, 0) is 31.2 Å². The zero-order chi connectivity index (χ0) is 9.97. The maximum absolute atomic E-state index is 5.71. The first-order valence-electron chi connectivity index (χ1n) is 4.87. The number of hydrogen-bond donors (Lipinski definition) is 1. The highest BCUT2D eigenvalue weighted by atomic mass is 16.5. The molecule has 1 aromatic carbocycles. The van der Waals surface area contributed by atoms with E-state index < -0.39 is 0 Å². The lowest BCUT2D eigenvalue weighted by Gasteiger charge is -2.07. The molecule has 0 saturated carbocycles. The van der Waals surface area contributed by atoms with Crippen molar-refractivity contribution >= 4 is 0 Å². The standard InChI is InChI=1S/C11H15NO2/c1-13-9-2-3-11-8(6-9)7-10(14-11)4-5-12/h2-3,6,10H,4-5,7,12H2,1H3. The van der Waals surface area contributed by atoms with E-state index in [4.69, 9.17) is 15.2 Å². The molecule has 0 saturated heterocycles. The van der Waals surface area contributed by atoms with E-state index in [0.717, 1.165) is 24.3 Å². The monoisotopic (exact) mass is 193 g/mol. The van der Waals surface area contributed by atoms with E-state index in [1.165, 1.54) is 5.56 Å². The molecule has 76 valence electrons. The fourth-order valence-electron chi connectivity index (χ4n) is 1.77. The number of hydrogen-bond acceptors (Lipinski definition) is 3. The first kappa shape index (κ1) is 9.34. The minimum atomic E-state index is 0.252. The summed E-state index contributed by atoms with van der Waals surface area (Å²) in [6, 6.07) is 5.92. The van der Waals surface area contributed by atoms with Gasteiger partial charge >= 0.3 is 0 Å². The van der Waals surface area contributed by atoms with Crippen LogP contribution in [0.3, 0.4) is 0 Å². The number of fused-ring (bicyclic) bond motifs is 1. The molecule has 0 spiro atoms. The second-order valence-corrected chi connectivity index (χ2v) is 3.49. The van der Waals surface area contributed by atoms with E-state index in [1.807, 2.05) is 18.2 Å². The smallest absolute Gasteiger partial charge is 0.123 e. The van der Waals surface area contributed by atoms with Crippen molar-refractivity contribution < 1.29 is 9.47 Å². The summed E-state index contributed by atoms with van der Waals surface area (Å²) in [5, 5.41) is 0. The molecular formula is C11H15NO2. The molecular weight excluding hydrogens is 178 g/mol. The molecule has 0 fully saturated rings. The Morgan fingerprint density at radius 2 is 2.43 bits per heavy atom. The Labute approximate surface area is 83.8 Å². The minimum absolute atomic E-state index is 0.252. The predicted octanol–water partition coefficient (Wildman–Crippen LogP) is 1.35. The van der Waals surface area contributed by atoms with Gasteiger partial charge in [0, 0.05) is 12.0 Å². The van der Waals surface area contributed by atoms with Gasteiger partial charge in [0.25, 0.3) is 0 Å². The van der Waals surface area contributed by atoms with Crippen LogP contribution in [0.15, 0.2) is 18.2 Å². The van der Waals surface area contributed by atoms with Gasteiger partial charge in [-0.25, -0.2) is 0 Å². The Balaban J connectivity index is 2.14. The van der Waals surface area contributed by atoms with Crippen molar-refractivity contribution in [3.05, 3.63) is 23.8 Å². The van der Waals surface area contributed by atoms with Gasteiger partial charge < -0.3 is 15.2 Å². The summed E-state index contributed by atoms with van der Waals surface area (Å²) in [7, 11) is 1.68. The van der Waals surface area contributed by atoms with E-state index >= 15 is 0 Å². The van der Waals surface area contributed by atoms with Crippen LogP contribution in [-0.4, -0.2) is 19.8 Å². The molecule has 1 atom stereocenters. The highest BCUT2D eigenvalue weighted by Crippen LogP contribution is 2.32. The molecule has 14 heavy (non-hydrogen) atoms. The van der Waals surface area contributed by atoms with E-state index in [1.54, 1.807) is 7.11 Å². The molecule has 1 heterocycles. The van der Waals surface area contributed by atoms with Crippen molar-refractivity contribution in [2.45, 2.75) is 18.9 Å². The molecule has 2 rings (SSSR count). The van der Waals surface area contributed by atoms with Gasteiger partial charge in [-0.3, -0.25) is 0 Å². The van der Waals surface area contributed by atoms with Gasteiger partial charge in [0.15, 0.2) is 0 Å². The van der Waals surface area contributed by atoms with E-state index in [-0.39, 0.29) is 6.10 Å². The first-order chi connectivity index (χ1) is 6.83. The van der Waals surface area contributed by atoms with E-state index in [9.17, 15) is 0 Å². The van der Waals surface area contributed by atoms with Crippen molar-refractivity contribution in [2.24, 2.45) is 5.73 Å². The van der Waals surface area contributed by atoms with Crippen molar-refractivity contribution in [1.29, 1.82) is 0 Å². The summed E-state index contributed by atoms with van der Waals surface area (Å²) in [4.78, 5) is 0. The molecule has 1 aliphatic heterocycles. The molecule has 0 bridgehead atoms. The Kier molecular flexibility index (Phi) is 2.59. The first-order valence-corrected chi connectivity index (χ1v) is 4.87. The van der Waals surface area contributed by atoms with Crippen molar-refractivity contribution in [3.63, 3.8) is 0 Å². The molecule has 0 amide bonds. The Morgan fingerprint density at radius 3 is 3.14 bits per heavy atom. The van der Waals surface area contributed by atoms with Gasteiger partial charge in [0.2, 0.25) is 0 Å². The average molecular weight is 193 g/mol. The van der Waals surface area contributed by atoms with Crippen molar-refractivity contribution in [1.82, 2.24) is 0 Å². The summed E-state index contributed by atoms with van der Waals surface area (Å²) in [6.07, 6.45) is 2.11. The Hall–Kier alpha value is -1.22. The lowest BCUT2D eigenvalue weighted by atomic mass is 10.1. The Bertz CT molecular complexity index is 325. The highest BCUT2D eigenvalue weighted by Gasteiger charge is 2.22. The third-order valence-electron chi connectivity index (χ3n) is 2.50. The van der Waals surface area contributed by atoms with Crippen LogP contribution in [0.5, 0.6) is 11.5 Å². The molecule has 1 aliphatic rings. The third kappa shape index (κ3) is 1.68. The second-order valence-electron chi connectivity index (χ2n) is 3.49. The van der Waals surface area contributed by atoms with Gasteiger partial charge in [-0.1, -0.05) is 0 Å². The highest BCUT2D eigenvalue weighted by molar-refractivity contribution is 5.43. The van der Waals surface area contributed by atoms with Crippen LogP contribution in [0, 0.1) is 0 Å². The second kappa shape index (κ2) is 3.88. The van der Waals surface area contributed by atoms with Gasteiger partial charge in [-0.2, -0.15) is 0 Å². The van der Waals surface area contributed by atoms with Crippen LogP contribution >= 0.6 is 0 Å². The summed E-state index contributed by atoms with van der Waals surface area (Å²) >= 11 is 0. The average Bonchev–Trinajstić information content (AvgIpc) is 2.59. The van der Waals surface area contributed by atoms with Gasteiger partial charge in [0.05, 0.1) is 7.11 Å². The number of benzene rings is 1.